The van der Waals surface area contributed by atoms with Gasteiger partial charge in [-0.3, -0.25) is 4.57 Å². The summed E-state index contributed by atoms with van der Waals surface area (Å²) in [5.41, 5.74) is 1.41. The number of benzene rings is 2. The number of carboxylic acids is 1. The number of tetrazole rings is 1. The predicted molar refractivity (Wildman–Crippen MR) is 136 cm³/mol. The highest BCUT2D eigenvalue weighted by molar-refractivity contribution is 5.90. The third-order valence-corrected chi connectivity index (χ3v) is 6.68. The molecule has 1 unspecified atom stereocenters. The van der Waals surface area contributed by atoms with E-state index in [1.54, 1.807) is 0 Å². The number of anilines is 1. The number of rotatable bonds is 12. The summed E-state index contributed by atoms with van der Waals surface area (Å²) in [7, 11) is 0. The molecule has 0 saturated heterocycles. The number of nitrogens with zero attached hydrogens (tertiary/aromatic N) is 6. The van der Waals surface area contributed by atoms with E-state index in [4.69, 9.17) is 4.98 Å². The average molecular weight is 476 g/mol. The summed E-state index contributed by atoms with van der Waals surface area (Å²) in [5, 5.41) is 25.7. The van der Waals surface area contributed by atoms with E-state index >= 15 is 0 Å². The van der Waals surface area contributed by atoms with Crippen LogP contribution in [0.3, 0.4) is 0 Å². The van der Waals surface area contributed by atoms with Crippen molar-refractivity contribution in [2.24, 2.45) is 0 Å². The van der Waals surface area contributed by atoms with E-state index in [1.165, 1.54) is 0 Å². The second kappa shape index (κ2) is 10.7. The van der Waals surface area contributed by atoms with Gasteiger partial charge in [0.05, 0.1) is 11.0 Å². The molecule has 9 nitrogen and oxygen atoms in total. The molecular weight excluding hydrogens is 442 g/mol. The summed E-state index contributed by atoms with van der Waals surface area (Å²) in [4.78, 5) is 20.6. The Hall–Kier alpha value is -3.75. The molecule has 2 aromatic heterocycles. The summed E-state index contributed by atoms with van der Waals surface area (Å²) < 4.78 is 1.93. The Balaban J connectivity index is 2.07. The third kappa shape index (κ3) is 4.38. The molecule has 0 aliphatic carbocycles. The quantitative estimate of drug-likeness (QED) is 0.281. The number of hydrogen-bond acceptors (Lipinski definition) is 6. The number of unbranched alkanes of at least 4 members (excludes halogenated alkanes) is 3. The number of carboxylic acid groups (broad SMARTS) is 1. The molecule has 184 valence electrons. The topological polar surface area (TPSA) is 113 Å². The van der Waals surface area contributed by atoms with Gasteiger partial charge in [0.2, 0.25) is 11.8 Å². The maximum absolute atomic E-state index is 13.6. The van der Waals surface area contributed by atoms with E-state index in [-0.39, 0.29) is 0 Å². The molecule has 2 heterocycles. The van der Waals surface area contributed by atoms with Crippen molar-refractivity contribution in [2.75, 3.05) is 18.0 Å². The Morgan fingerprint density at radius 2 is 1.77 bits per heavy atom. The number of aromatic amines is 1. The van der Waals surface area contributed by atoms with Crippen LogP contribution in [0.5, 0.6) is 0 Å². The Morgan fingerprint density at radius 3 is 2.46 bits per heavy atom. The maximum atomic E-state index is 13.6. The van der Waals surface area contributed by atoms with Crippen molar-refractivity contribution < 1.29 is 9.90 Å². The second-order valence-corrected chi connectivity index (χ2v) is 8.67. The van der Waals surface area contributed by atoms with Gasteiger partial charge in [-0.1, -0.05) is 69.0 Å². The molecule has 1 atom stereocenters. The number of H-pyrrole nitrogens is 1. The van der Waals surface area contributed by atoms with Crippen molar-refractivity contribution in [3.63, 3.8) is 0 Å². The minimum absolute atomic E-state index is 0.369. The predicted octanol–water partition coefficient (Wildman–Crippen LogP) is 4.86. The van der Waals surface area contributed by atoms with Gasteiger partial charge in [-0.15, -0.1) is 10.2 Å². The second-order valence-electron chi connectivity index (χ2n) is 8.67. The van der Waals surface area contributed by atoms with E-state index in [0.717, 1.165) is 36.7 Å². The fourth-order valence-electron chi connectivity index (χ4n) is 4.92. The number of nitrogens with one attached hydrogen (secondary N) is 1. The van der Waals surface area contributed by atoms with Crippen LogP contribution in [0.2, 0.25) is 0 Å². The Labute approximate surface area is 205 Å². The zero-order valence-corrected chi connectivity index (χ0v) is 20.6. The minimum Gasteiger partial charge on any atom is -0.479 e. The van der Waals surface area contributed by atoms with E-state index in [1.807, 2.05) is 53.1 Å². The molecule has 0 bridgehead atoms. The van der Waals surface area contributed by atoms with Gasteiger partial charge in [0, 0.05) is 24.2 Å². The third-order valence-electron chi connectivity index (χ3n) is 6.68. The zero-order valence-electron chi connectivity index (χ0n) is 20.6. The van der Waals surface area contributed by atoms with Crippen LogP contribution in [0.25, 0.3) is 22.4 Å². The number of fused-ring (bicyclic) bond motifs is 1. The van der Waals surface area contributed by atoms with Gasteiger partial charge in [-0.25, -0.2) is 9.78 Å². The highest BCUT2D eigenvalue weighted by Gasteiger charge is 2.47. The minimum atomic E-state index is -1.42. The molecule has 0 radical (unpaired) electrons. The van der Waals surface area contributed by atoms with Crippen molar-refractivity contribution in [1.29, 1.82) is 0 Å². The Kier molecular flexibility index (Phi) is 7.43. The summed E-state index contributed by atoms with van der Waals surface area (Å²) in [5.74, 6) is 0.0899. The Bertz CT molecular complexity index is 1260. The van der Waals surface area contributed by atoms with Crippen LogP contribution in [-0.4, -0.2) is 54.3 Å². The van der Waals surface area contributed by atoms with Crippen LogP contribution in [-0.2, 0) is 10.3 Å². The first-order chi connectivity index (χ1) is 17.1. The first kappa shape index (κ1) is 24.4. The molecule has 0 spiro atoms. The standard InChI is InChI=1S/C26H33N7O2/c1-4-7-8-13-18-26(24(34)35,20-15-10-9-14-19(20)23-28-30-31-29-23)33-22-17-12-11-16-21(22)27-25(33)32(5-2)6-3/h9-12,14-17H,4-8,13,18H2,1-3H3,(H,34,35)(H,28,29,30,31). The molecule has 0 aliphatic heterocycles. The summed E-state index contributed by atoms with van der Waals surface area (Å²) in [6.45, 7) is 7.68. The molecule has 35 heavy (non-hydrogen) atoms. The average Bonchev–Trinajstić information content (AvgIpc) is 3.54. The first-order valence-electron chi connectivity index (χ1n) is 12.4. The van der Waals surface area contributed by atoms with E-state index in [0.29, 0.717) is 42.4 Å². The fourth-order valence-corrected chi connectivity index (χ4v) is 4.92. The number of aliphatic carboxylic acids is 1. The fraction of sp³-hybridized carbons (Fsp3) is 0.423. The van der Waals surface area contributed by atoms with Crippen molar-refractivity contribution >= 4 is 23.0 Å². The van der Waals surface area contributed by atoms with Crippen molar-refractivity contribution in [3.05, 3.63) is 54.1 Å². The van der Waals surface area contributed by atoms with Crippen molar-refractivity contribution in [3.8, 4) is 11.4 Å². The number of hydrogen-bond donors (Lipinski definition) is 2. The molecule has 0 aliphatic rings. The van der Waals surface area contributed by atoms with Crippen molar-refractivity contribution in [1.82, 2.24) is 30.2 Å². The molecule has 0 fully saturated rings. The molecule has 0 amide bonds. The zero-order chi connectivity index (χ0) is 24.8. The van der Waals surface area contributed by atoms with Crippen LogP contribution in [0, 0.1) is 0 Å². The molecule has 2 N–H and O–H groups in total. The summed E-state index contributed by atoms with van der Waals surface area (Å²) in [6.07, 6.45) is 4.23. The number of carbonyl (C=O) groups is 1. The molecule has 2 aromatic carbocycles. The van der Waals surface area contributed by atoms with Gasteiger partial charge >= 0.3 is 5.97 Å². The lowest BCUT2D eigenvalue weighted by atomic mass is 9.81. The van der Waals surface area contributed by atoms with Gasteiger partial charge in [0.25, 0.3) is 0 Å². The van der Waals surface area contributed by atoms with E-state index in [2.05, 4.69) is 46.3 Å². The normalized spacial score (nSPS) is 13.1. The molecule has 0 saturated carbocycles. The van der Waals surface area contributed by atoms with E-state index < -0.39 is 11.5 Å². The highest BCUT2D eigenvalue weighted by Crippen LogP contribution is 2.43. The van der Waals surface area contributed by atoms with Crippen LogP contribution < -0.4 is 4.90 Å². The van der Waals surface area contributed by atoms with Crippen LogP contribution in [0.1, 0.15) is 58.4 Å². The highest BCUT2D eigenvalue weighted by atomic mass is 16.4. The number of aromatic nitrogens is 6. The number of imidazole rings is 1. The Morgan fingerprint density at radius 1 is 1.03 bits per heavy atom. The van der Waals surface area contributed by atoms with Gasteiger partial charge in [-0.2, -0.15) is 5.21 Å². The van der Waals surface area contributed by atoms with Crippen LogP contribution >= 0.6 is 0 Å². The number of para-hydroxylation sites is 2. The SMILES string of the molecule is CCCCCCC(C(=O)O)(c1ccccc1-c1nn[nH]n1)n1c(N(CC)CC)nc2ccccc21. The lowest BCUT2D eigenvalue weighted by Crippen LogP contribution is -2.45. The summed E-state index contributed by atoms with van der Waals surface area (Å²) in [6, 6.07) is 15.2. The molecule has 9 heteroatoms. The van der Waals surface area contributed by atoms with Gasteiger partial charge in [0.15, 0.2) is 5.54 Å². The van der Waals surface area contributed by atoms with Gasteiger partial charge < -0.3 is 10.0 Å². The molecular formula is C26H33N7O2. The lowest BCUT2D eigenvalue weighted by Gasteiger charge is -2.36. The largest absolute Gasteiger partial charge is 0.479 e. The lowest BCUT2D eigenvalue weighted by molar-refractivity contribution is -0.145. The molecule has 4 rings (SSSR count). The maximum Gasteiger partial charge on any atom is 0.334 e. The summed E-state index contributed by atoms with van der Waals surface area (Å²) >= 11 is 0. The van der Waals surface area contributed by atoms with Crippen LogP contribution in [0.4, 0.5) is 5.95 Å². The van der Waals surface area contributed by atoms with E-state index in [9.17, 15) is 9.90 Å². The van der Waals surface area contributed by atoms with Gasteiger partial charge in [0.1, 0.15) is 0 Å². The monoisotopic (exact) mass is 475 g/mol. The smallest absolute Gasteiger partial charge is 0.334 e. The molecule has 4 aromatic rings. The van der Waals surface area contributed by atoms with Gasteiger partial charge in [-0.05, 0) is 37.6 Å². The first-order valence-corrected chi connectivity index (χ1v) is 12.4. The van der Waals surface area contributed by atoms with Crippen LogP contribution in [0.15, 0.2) is 48.5 Å². The van der Waals surface area contributed by atoms with Crippen molar-refractivity contribution in [2.45, 2.75) is 58.4 Å².